The third-order valence-electron chi connectivity index (χ3n) is 3.51. The van der Waals surface area contributed by atoms with Gasteiger partial charge in [0.25, 0.3) is 0 Å². The second kappa shape index (κ2) is 5.13. The van der Waals surface area contributed by atoms with Gasteiger partial charge in [0.15, 0.2) is 0 Å². The van der Waals surface area contributed by atoms with Crippen molar-refractivity contribution in [2.75, 3.05) is 13.2 Å². The smallest absolute Gasteiger partial charge is 0.0628 e. The number of hydrogen-bond acceptors (Lipinski definition) is 2. The van der Waals surface area contributed by atoms with Crippen molar-refractivity contribution >= 4 is 0 Å². The molecule has 0 spiro atoms. The summed E-state index contributed by atoms with van der Waals surface area (Å²) < 4.78 is 11.6. The summed E-state index contributed by atoms with van der Waals surface area (Å²) in [5, 5.41) is 0. The van der Waals surface area contributed by atoms with Crippen LogP contribution < -0.4 is 0 Å². The van der Waals surface area contributed by atoms with Gasteiger partial charge in [0.05, 0.1) is 12.2 Å². The Morgan fingerprint density at radius 3 is 2.00 bits per heavy atom. The van der Waals surface area contributed by atoms with Crippen LogP contribution >= 0.6 is 0 Å². The molecule has 0 aliphatic carbocycles. The zero-order valence-corrected chi connectivity index (χ0v) is 9.21. The predicted molar refractivity (Wildman–Crippen MR) is 56.3 cm³/mol. The van der Waals surface area contributed by atoms with Crippen LogP contribution in [0.25, 0.3) is 0 Å². The molecule has 0 aromatic rings. The average Bonchev–Trinajstić information content (AvgIpc) is 2.87. The summed E-state index contributed by atoms with van der Waals surface area (Å²) >= 11 is 0. The molecule has 0 bridgehead atoms. The van der Waals surface area contributed by atoms with Crippen LogP contribution in [0.1, 0.15) is 45.4 Å². The fourth-order valence-corrected chi connectivity index (χ4v) is 2.82. The van der Waals surface area contributed by atoms with Crippen LogP contribution in [0.4, 0.5) is 0 Å². The highest BCUT2D eigenvalue weighted by Crippen LogP contribution is 2.32. The molecule has 0 saturated carbocycles. The van der Waals surface area contributed by atoms with Gasteiger partial charge in [0.2, 0.25) is 0 Å². The number of rotatable bonds is 4. The highest BCUT2D eigenvalue weighted by molar-refractivity contribution is 4.83. The van der Waals surface area contributed by atoms with Crippen molar-refractivity contribution < 1.29 is 9.47 Å². The Kier molecular flexibility index (Phi) is 3.82. The lowest BCUT2D eigenvalue weighted by atomic mass is 9.88. The van der Waals surface area contributed by atoms with Crippen LogP contribution in [0.3, 0.4) is 0 Å². The molecule has 2 aliphatic heterocycles. The summed E-state index contributed by atoms with van der Waals surface area (Å²) in [6.45, 7) is 4.20. The first kappa shape index (κ1) is 10.4. The lowest BCUT2D eigenvalue weighted by Crippen LogP contribution is -2.31. The lowest BCUT2D eigenvalue weighted by molar-refractivity contribution is -0.0217. The maximum absolute atomic E-state index is 5.80. The molecule has 0 amide bonds. The third-order valence-corrected chi connectivity index (χ3v) is 3.51. The van der Waals surface area contributed by atoms with E-state index in [0.717, 1.165) is 13.2 Å². The van der Waals surface area contributed by atoms with Crippen molar-refractivity contribution in [2.24, 2.45) is 5.92 Å². The highest BCUT2D eigenvalue weighted by Gasteiger charge is 2.33. The Morgan fingerprint density at radius 2 is 1.64 bits per heavy atom. The predicted octanol–water partition coefficient (Wildman–Crippen LogP) is 2.76. The second-order valence-electron chi connectivity index (χ2n) is 4.56. The molecule has 0 aromatic heterocycles. The van der Waals surface area contributed by atoms with Crippen molar-refractivity contribution in [3.05, 3.63) is 0 Å². The first-order valence-electron chi connectivity index (χ1n) is 6.15. The highest BCUT2D eigenvalue weighted by atomic mass is 16.5. The van der Waals surface area contributed by atoms with E-state index < -0.39 is 0 Å². The summed E-state index contributed by atoms with van der Waals surface area (Å²) in [7, 11) is 0. The van der Waals surface area contributed by atoms with Gasteiger partial charge < -0.3 is 9.47 Å². The largest absolute Gasteiger partial charge is 0.378 e. The van der Waals surface area contributed by atoms with Crippen molar-refractivity contribution in [1.29, 1.82) is 0 Å². The molecule has 0 N–H and O–H groups in total. The maximum atomic E-state index is 5.80. The zero-order valence-electron chi connectivity index (χ0n) is 9.21. The van der Waals surface area contributed by atoms with Gasteiger partial charge in [-0.2, -0.15) is 0 Å². The van der Waals surface area contributed by atoms with E-state index in [-0.39, 0.29) is 0 Å². The summed E-state index contributed by atoms with van der Waals surface area (Å²) in [6, 6.07) is 0. The van der Waals surface area contributed by atoms with Gasteiger partial charge in [0, 0.05) is 19.1 Å². The van der Waals surface area contributed by atoms with E-state index in [2.05, 4.69) is 6.92 Å². The molecule has 2 aliphatic rings. The second-order valence-corrected chi connectivity index (χ2v) is 4.56. The van der Waals surface area contributed by atoms with E-state index in [1.54, 1.807) is 0 Å². The van der Waals surface area contributed by atoms with Crippen LogP contribution in [0, 0.1) is 5.92 Å². The molecule has 2 unspecified atom stereocenters. The van der Waals surface area contributed by atoms with Crippen molar-refractivity contribution in [3.8, 4) is 0 Å². The van der Waals surface area contributed by atoms with Crippen molar-refractivity contribution in [1.82, 2.24) is 0 Å². The van der Waals surface area contributed by atoms with E-state index >= 15 is 0 Å². The molecule has 14 heavy (non-hydrogen) atoms. The van der Waals surface area contributed by atoms with Crippen LogP contribution in [0.15, 0.2) is 0 Å². The molecule has 2 fully saturated rings. The Hall–Kier alpha value is -0.0800. The maximum Gasteiger partial charge on any atom is 0.0628 e. The number of hydrogen-bond donors (Lipinski definition) is 0. The third kappa shape index (κ3) is 2.29. The van der Waals surface area contributed by atoms with Gasteiger partial charge in [-0.05, 0) is 32.1 Å². The van der Waals surface area contributed by atoms with Crippen LogP contribution in [0.5, 0.6) is 0 Å². The SMILES string of the molecule is CCCC(C1CCCO1)C1CCCO1. The Labute approximate surface area is 87.0 Å². The van der Waals surface area contributed by atoms with Gasteiger partial charge >= 0.3 is 0 Å². The first-order valence-corrected chi connectivity index (χ1v) is 6.15. The zero-order chi connectivity index (χ0) is 9.80. The minimum Gasteiger partial charge on any atom is -0.378 e. The monoisotopic (exact) mass is 198 g/mol. The topological polar surface area (TPSA) is 18.5 Å². The number of ether oxygens (including phenoxy) is 2. The fraction of sp³-hybridized carbons (Fsp3) is 1.00. The molecule has 0 aromatic carbocycles. The minimum atomic E-state index is 0.498. The lowest BCUT2D eigenvalue weighted by Gasteiger charge is -2.27. The molecular formula is C12H22O2. The van der Waals surface area contributed by atoms with Gasteiger partial charge in [-0.3, -0.25) is 0 Å². The summed E-state index contributed by atoms with van der Waals surface area (Å²) in [5.74, 6) is 0.671. The van der Waals surface area contributed by atoms with Gasteiger partial charge in [0.1, 0.15) is 0 Å². The van der Waals surface area contributed by atoms with E-state index in [4.69, 9.17) is 9.47 Å². The molecule has 2 rings (SSSR count). The Bertz CT molecular complexity index is 142. The molecule has 2 atom stereocenters. The fourth-order valence-electron chi connectivity index (χ4n) is 2.82. The molecule has 2 saturated heterocycles. The Balaban J connectivity index is 1.91. The molecule has 2 heteroatoms. The molecule has 2 heterocycles. The summed E-state index contributed by atoms with van der Waals surface area (Å²) in [4.78, 5) is 0. The van der Waals surface area contributed by atoms with Gasteiger partial charge in [-0.25, -0.2) is 0 Å². The van der Waals surface area contributed by atoms with Crippen LogP contribution in [-0.2, 0) is 9.47 Å². The Morgan fingerprint density at radius 1 is 1.07 bits per heavy atom. The molecule has 82 valence electrons. The van der Waals surface area contributed by atoms with Crippen molar-refractivity contribution in [2.45, 2.75) is 57.7 Å². The molecular weight excluding hydrogens is 176 g/mol. The van der Waals surface area contributed by atoms with E-state index in [0.29, 0.717) is 18.1 Å². The van der Waals surface area contributed by atoms with Crippen LogP contribution in [-0.4, -0.2) is 25.4 Å². The van der Waals surface area contributed by atoms with E-state index in [1.165, 1.54) is 38.5 Å². The van der Waals surface area contributed by atoms with Crippen LogP contribution in [0.2, 0.25) is 0 Å². The van der Waals surface area contributed by atoms with Crippen molar-refractivity contribution in [3.63, 3.8) is 0 Å². The first-order chi connectivity index (χ1) is 6.92. The summed E-state index contributed by atoms with van der Waals surface area (Å²) in [6.07, 6.45) is 8.53. The molecule has 2 nitrogen and oxygen atoms in total. The standard InChI is InChI=1S/C12H22O2/c1-2-5-10(11-6-3-8-13-11)12-7-4-9-14-12/h10-12H,2-9H2,1H3. The average molecular weight is 198 g/mol. The minimum absolute atomic E-state index is 0.498. The van der Waals surface area contributed by atoms with Gasteiger partial charge in [-0.1, -0.05) is 13.3 Å². The summed E-state index contributed by atoms with van der Waals surface area (Å²) in [5.41, 5.74) is 0. The normalized spacial score (nSPS) is 34.9. The van der Waals surface area contributed by atoms with E-state index in [9.17, 15) is 0 Å². The quantitative estimate of drug-likeness (QED) is 0.691. The van der Waals surface area contributed by atoms with E-state index in [1.807, 2.05) is 0 Å². The molecule has 0 radical (unpaired) electrons. The van der Waals surface area contributed by atoms with Gasteiger partial charge in [-0.15, -0.1) is 0 Å².